The van der Waals surface area contributed by atoms with Gasteiger partial charge in [-0.1, -0.05) is 12.1 Å². The second kappa shape index (κ2) is 5.02. The molecule has 1 aliphatic heterocycles. The quantitative estimate of drug-likeness (QED) is 0.755. The SMILES string of the molecule is CCOC(=O)c1nn2c(c1-c1ccc3cc[nH]c3c1)CCC2. The van der Waals surface area contributed by atoms with Gasteiger partial charge in [-0.25, -0.2) is 4.79 Å². The highest BCUT2D eigenvalue weighted by atomic mass is 16.5. The number of esters is 1. The van der Waals surface area contributed by atoms with E-state index in [2.05, 4.69) is 28.3 Å². The van der Waals surface area contributed by atoms with Crippen molar-refractivity contribution in [2.45, 2.75) is 26.3 Å². The molecule has 0 spiro atoms. The molecule has 3 aromatic rings. The fourth-order valence-corrected chi connectivity index (χ4v) is 3.18. The summed E-state index contributed by atoms with van der Waals surface area (Å²) in [4.78, 5) is 15.5. The minimum absolute atomic E-state index is 0.342. The van der Waals surface area contributed by atoms with E-state index >= 15 is 0 Å². The topological polar surface area (TPSA) is 59.9 Å². The first kappa shape index (κ1) is 13.1. The summed E-state index contributed by atoms with van der Waals surface area (Å²) in [6, 6.07) is 8.23. The third-order valence-corrected chi connectivity index (χ3v) is 4.15. The smallest absolute Gasteiger partial charge is 0.359 e. The van der Waals surface area contributed by atoms with Gasteiger partial charge in [0.25, 0.3) is 0 Å². The Hall–Kier alpha value is -2.56. The summed E-state index contributed by atoms with van der Waals surface area (Å²) in [5, 5.41) is 5.64. The summed E-state index contributed by atoms with van der Waals surface area (Å²) in [5.74, 6) is -0.342. The predicted octanol–water partition coefficient (Wildman–Crippen LogP) is 3.15. The highest BCUT2D eigenvalue weighted by molar-refractivity contribution is 5.97. The number of nitrogens with one attached hydrogen (secondary N) is 1. The molecule has 0 saturated carbocycles. The van der Waals surface area contributed by atoms with Crippen molar-refractivity contribution in [2.24, 2.45) is 0 Å². The van der Waals surface area contributed by atoms with Crippen LogP contribution in [0.3, 0.4) is 0 Å². The van der Waals surface area contributed by atoms with Gasteiger partial charge in [0, 0.05) is 29.5 Å². The van der Waals surface area contributed by atoms with Gasteiger partial charge in [0.2, 0.25) is 0 Å². The molecular weight excluding hydrogens is 278 g/mol. The molecule has 0 atom stereocenters. The van der Waals surface area contributed by atoms with Gasteiger partial charge in [-0.05, 0) is 42.8 Å². The lowest BCUT2D eigenvalue weighted by Crippen LogP contribution is -2.08. The van der Waals surface area contributed by atoms with Crippen molar-refractivity contribution >= 4 is 16.9 Å². The van der Waals surface area contributed by atoms with E-state index in [0.717, 1.165) is 47.1 Å². The van der Waals surface area contributed by atoms with Crippen molar-refractivity contribution in [2.75, 3.05) is 6.61 Å². The Balaban J connectivity index is 1.90. The van der Waals surface area contributed by atoms with E-state index < -0.39 is 0 Å². The fourth-order valence-electron chi connectivity index (χ4n) is 3.18. The molecule has 5 heteroatoms. The zero-order chi connectivity index (χ0) is 15.1. The molecule has 22 heavy (non-hydrogen) atoms. The Bertz CT molecular complexity index is 860. The number of H-pyrrole nitrogens is 1. The van der Waals surface area contributed by atoms with Crippen LogP contribution in [-0.4, -0.2) is 27.3 Å². The van der Waals surface area contributed by atoms with Gasteiger partial charge in [-0.2, -0.15) is 5.10 Å². The number of benzene rings is 1. The lowest BCUT2D eigenvalue weighted by atomic mass is 10.0. The standard InChI is InChI=1S/C17H17N3O2/c1-2-22-17(21)16-15(14-4-3-9-20(14)19-16)12-6-5-11-7-8-18-13(11)10-12/h5-8,10,18H,2-4,9H2,1H3. The van der Waals surface area contributed by atoms with Crippen molar-refractivity contribution in [3.05, 3.63) is 41.9 Å². The number of hydrogen-bond acceptors (Lipinski definition) is 3. The van der Waals surface area contributed by atoms with E-state index in [1.54, 1.807) is 0 Å². The van der Waals surface area contributed by atoms with Crippen molar-refractivity contribution in [1.82, 2.24) is 14.8 Å². The van der Waals surface area contributed by atoms with E-state index in [0.29, 0.717) is 12.3 Å². The highest BCUT2D eigenvalue weighted by Crippen LogP contribution is 2.33. The Morgan fingerprint density at radius 1 is 1.41 bits per heavy atom. The summed E-state index contributed by atoms with van der Waals surface area (Å²) in [7, 11) is 0. The van der Waals surface area contributed by atoms with Crippen LogP contribution >= 0.6 is 0 Å². The van der Waals surface area contributed by atoms with Gasteiger partial charge >= 0.3 is 5.97 Å². The van der Waals surface area contributed by atoms with Gasteiger partial charge in [0.15, 0.2) is 5.69 Å². The van der Waals surface area contributed by atoms with E-state index in [9.17, 15) is 4.79 Å². The third kappa shape index (κ3) is 1.93. The molecule has 3 heterocycles. The van der Waals surface area contributed by atoms with Gasteiger partial charge < -0.3 is 9.72 Å². The number of ether oxygens (including phenoxy) is 1. The maximum atomic E-state index is 12.3. The predicted molar refractivity (Wildman–Crippen MR) is 83.8 cm³/mol. The summed E-state index contributed by atoms with van der Waals surface area (Å²) in [6.07, 6.45) is 3.94. The van der Waals surface area contributed by atoms with Crippen LogP contribution in [0.25, 0.3) is 22.0 Å². The van der Waals surface area contributed by atoms with Crippen LogP contribution in [0.2, 0.25) is 0 Å². The lowest BCUT2D eigenvalue weighted by Gasteiger charge is -2.05. The number of nitrogens with zero attached hydrogens (tertiary/aromatic N) is 2. The summed E-state index contributed by atoms with van der Waals surface area (Å²) in [6.45, 7) is 3.04. The molecule has 0 fully saturated rings. The maximum absolute atomic E-state index is 12.3. The van der Waals surface area contributed by atoms with Gasteiger partial charge in [0.1, 0.15) is 0 Å². The molecule has 0 amide bonds. The van der Waals surface area contributed by atoms with Crippen molar-refractivity contribution < 1.29 is 9.53 Å². The first-order chi connectivity index (χ1) is 10.8. The average Bonchev–Trinajstić information content (AvgIpc) is 3.21. The molecule has 1 N–H and O–H groups in total. The molecule has 0 aliphatic carbocycles. The molecule has 2 aromatic heterocycles. The van der Waals surface area contributed by atoms with E-state index in [1.165, 1.54) is 0 Å². The number of carbonyl (C=O) groups excluding carboxylic acids is 1. The molecule has 0 radical (unpaired) electrons. The Morgan fingerprint density at radius 2 is 2.32 bits per heavy atom. The number of carbonyl (C=O) groups is 1. The normalized spacial score (nSPS) is 13.5. The average molecular weight is 295 g/mol. The molecular formula is C17H17N3O2. The van der Waals surface area contributed by atoms with Gasteiger partial charge in [0.05, 0.1) is 6.61 Å². The third-order valence-electron chi connectivity index (χ3n) is 4.15. The summed E-state index contributed by atoms with van der Waals surface area (Å²) < 4.78 is 7.12. The summed E-state index contributed by atoms with van der Waals surface area (Å²) in [5.41, 5.74) is 4.57. The molecule has 0 saturated heterocycles. The van der Waals surface area contributed by atoms with Gasteiger partial charge in [-0.3, -0.25) is 4.68 Å². The number of aromatic amines is 1. The van der Waals surface area contributed by atoms with Crippen LogP contribution in [0.15, 0.2) is 30.5 Å². The molecule has 1 aliphatic rings. The molecule has 0 unspecified atom stereocenters. The summed E-state index contributed by atoms with van der Waals surface area (Å²) >= 11 is 0. The maximum Gasteiger partial charge on any atom is 0.359 e. The van der Waals surface area contributed by atoms with Crippen LogP contribution in [0, 0.1) is 0 Å². The van der Waals surface area contributed by atoms with E-state index in [4.69, 9.17) is 4.74 Å². The molecule has 4 rings (SSSR count). The van der Waals surface area contributed by atoms with Crippen molar-refractivity contribution in [1.29, 1.82) is 0 Å². The van der Waals surface area contributed by atoms with Crippen LogP contribution in [0.5, 0.6) is 0 Å². The zero-order valence-corrected chi connectivity index (χ0v) is 12.4. The number of aryl methyl sites for hydroxylation is 1. The van der Waals surface area contributed by atoms with Crippen LogP contribution < -0.4 is 0 Å². The largest absolute Gasteiger partial charge is 0.461 e. The van der Waals surface area contributed by atoms with Gasteiger partial charge in [-0.15, -0.1) is 0 Å². The zero-order valence-electron chi connectivity index (χ0n) is 12.4. The minimum Gasteiger partial charge on any atom is -0.461 e. The van der Waals surface area contributed by atoms with Crippen LogP contribution in [-0.2, 0) is 17.7 Å². The minimum atomic E-state index is -0.342. The first-order valence-electron chi connectivity index (χ1n) is 7.62. The highest BCUT2D eigenvalue weighted by Gasteiger charge is 2.27. The molecule has 0 bridgehead atoms. The van der Waals surface area contributed by atoms with Crippen molar-refractivity contribution in [3.63, 3.8) is 0 Å². The Morgan fingerprint density at radius 3 is 3.18 bits per heavy atom. The monoisotopic (exact) mass is 295 g/mol. The fraction of sp³-hybridized carbons (Fsp3) is 0.294. The number of fused-ring (bicyclic) bond motifs is 2. The number of rotatable bonds is 3. The molecule has 112 valence electrons. The van der Waals surface area contributed by atoms with E-state index in [-0.39, 0.29) is 5.97 Å². The number of aromatic nitrogens is 3. The second-order valence-electron chi connectivity index (χ2n) is 5.50. The lowest BCUT2D eigenvalue weighted by molar-refractivity contribution is 0.0519. The number of hydrogen-bond donors (Lipinski definition) is 1. The second-order valence-corrected chi connectivity index (χ2v) is 5.50. The first-order valence-corrected chi connectivity index (χ1v) is 7.62. The van der Waals surface area contributed by atoms with Crippen molar-refractivity contribution in [3.8, 4) is 11.1 Å². The Labute approximate surface area is 127 Å². The van der Waals surface area contributed by atoms with E-state index in [1.807, 2.05) is 23.9 Å². The molecule has 5 nitrogen and oxygen atoms in total. The van der Waals surface area contributed by atoms with Crippen LogP contribution in [0.1, 0.15) is 29.5 Å². The Kier molecular flexibility index (Phi) is 2.99. The molecule has 1 aromatic carbocycles. The van der Waals surface area contributed by atoms with Crippen LogP contribution in [0.4, 0.5) is 0 Å².